The molecule has 5 rings (SSSR count). The number of phenols is 1. The minimum atomic E-state index is -0.780. The molecule has 33 heavy (non-hydrogen) atoms. The number of methoxy groups -OCH3 is 1. The van der Waals surface area contributed by atoms with Crippen molar-refractivity contribution in [2.75, 3.05) is 7.11 Å². The zero-order valence-electron chi connectivity index (χ0n) is 17.3. The van der Waals surface area contributed by atoms with E-state index in [0.717, 1.165) is 5.56 Å². The maximum Gasteiger partial charge on any atom is 0.291 e. The number of aromatic hydroxyl groups is 1. The molecular weight excluding hydrogens is 465 g/mol. The summed E-state index contributed by atoms with van der Waals surface area (Å²) >= 11 is 12.5. The van der Waals surface area contributed by atoms with Gasteiger partial charge in [-0.05, 0) is 47.5 Å². The smallest absolute Gasteiger partial charge is 0.291 e. The molecule has 2 heterocycles. The fraction of sp³-hybridized carbons (Fsp3) is 0.120. The van der Waals surface area contributed by atoms with E-state index in [4.69, 9.17) is 32.4 Å². The van der Waals surface area contributed by atoms with Gasteiger partial charge in [-0.2, -0.15) is 0 Å². The van der Waals surface area contributed by atoms with Crippen LogP contribution in [-0.4, -0.2) is 23.0 Å². The molecule has 0 fully saturated rings. The Morgan fingerprint density at radius 3 is 2.61 bits per heavy atom. The van der Waals surface area contributed by atoms with Gasteiger partial charge in [0.2, 0.25) is 5.76 Å². The quantitative estimate of drug-likeness (QED) is 0.412. The summed E-state index contributed by atoms with van der Waals surface area (Å²) in [7, 11) is 1.43. The number of phenolic OH excluding ortho intramolecular Hbond substituents is 1. The number of nitrogens with zero attached hydrogens (tertiary/aromatic N) is 1. The van der Waals surface area contributed by atoms with Gasteiger partial charge in [-0.15, -0.1) is 0 Å². The van der Waals surface area contributed by atoms with E-state index in [-0.39, 0.29) is 45.8 Å². The molecule has 1 N–H and O–H groups in total. The molecule has 166 valence electrons. The number of halogens is 2. The lowest BCUT2D eigenvalue weighted by Gasteiger charge is -2.26. The number of fused-ring (bicyclic) bond motifs is 2. The van der Waals surface area contributed by atoms with Crippen LogP contribution in [-0.2, 0) is 6.54 Å². The third-order valence-corrected chi connectivity index (χ3v) is 6.35. The van der Waals surface area contributed by atoms with Gasteiger partial charge in [-0.3, -0.25) is 9.59 Å². The van der Waals surface area contributed by atoms with Gasteiger partial charge in [0.25, 0.3) is 5.91 Å². The molecule has 1 atom stereocenters. The van der Waals surface area contributed by atoms with E-state index in [9.17, 15) is 14.7 Å². The second kappa shape index (κ2) is 8.14. The van der Waals surface area contributed by atoms with E-state index in [2.05, 4.69) is 0 Å². The predicted molar refractivity (Wildman–Crippen MR) is 125 cm³/mol. The van der Waals surface area contributed by atoms with E-state index in [1.165, 1.54) is 24.1 Å². The summed E-state index contributed by atoms with van der Waals surface area (Å²) in [4.78, 5) is 28.6. The summed E-state index contributed by atoms with van der Waals surface area (Å²) in [6.45, 7) is 0.146. The largest absolute Gasteiger partial charge is 0.504 e. The summed E-state index contributed by atoms with van der Waals surface area (Å²) in [5.74, 6) is -0.296. The maximum atomic E-state index is 13.6. The van der Waals surface area contributed by atoms with Crippen LogP contribution < -0.4 is 10.2 Å². The topological polar surface area (TPSA) is 80.0 Å². The van der Waals surface area contributed by atoms with Gasteiger partial charge in [0.15, 0.2) is 16.9 Å². The van der Waals surface area contributed by atoms with Crippen LogP contribution in [0.4, 0.5) is 0 Å². The molecule has 1 amide bonds. The van der Waals surface area contributed by atoms with Crippen LogP contribution in [0.2, 0.25) is 10.0 Å². The molecule has 0 aliphatic carbocycles. The number of carbonyl (C=O) groups is 1. The first-order chi connectivity index (χ1) is 15.9. The minimum Gasteiger partial charge on any atom is -0.504 e. The highest BCUT2D eigenvalue weighted by Gasteiger charge is 2.43. The van der Waals surface area contributed by atoms with Crippen molar-refractivity contribution >= 4 is 40.1 Å². The first kappa shape index (κ1) is 21.4. The summed E-state index contributed by atoms with van der Waals surface area (Å²) in [6.07, 6.45) is 0. The standard InChI is InChI=1S/C25H17Cl2NO5/c1-32-20-10-13(6-8-18(20)29)22-21-23(30)16-11-15(26)7-9-19(16)33-24(21)25(31)28(22)12-14-4-2-3-5-17(14)27/h2-11,22,29H,12H2,1H3. The first-order valence-corrected chi connectivity index (χ1v) is 10.8. The molecule has 8 heteroatoms. The molecule has 6 nitrogen and oxygen atoms in total. The average molecular weight is 482 g/mol. The summed E-state index contributed by atoms with van der Waals surface area (Å²) in [5.41, 5.74) is 1.43. The third kappa shape index (κ3) is 3.52. The number of carbonyl (C=O) groups excluding carboxylic acids is 1. The van der Waals surface area contributed by atoms with Crippen molar-refractivity contribution in [2.24, 2.45) is 0 Å². The average Bonchev–Trinajstić information content (AvgIpc) is 3.08. The Morgan fingerprint density at radius 1 is 1.06 bits per heavy atom. The van der Waals surface area contributed by atoms with Crippen LogP contribution >= 0.6 is 23.2 Å². The van der Waals surface area contributed by atoms with Crippen molar-refractivity contribution in [1.82, 2.24) is 4.90 Å². The SMILES string of the molecule is COc1cc(C2c3c(oc4ccc(Cl)cc4c3=O)C(=O)N2Cc2ccccc2Cl)ccc1O. The highest BCUT2D eigenvalue weighted by atomic mass is 35.5. The Balaban J connectivity index is 1.76. The Labute approximate surface area is 198 Å². The Bertz CT molecular complexity index is 1480. The monoisotopic (exact) mass is 481 g/mol. The molecule has 4 aromatic rings. The van der Waals surface area contributed by atoms with Crippen molar-refractivity contribution in [3.05, 3.63) is 103 Å². The molecule has 1 aliphatic rings. The van der Waals surface area contributed by atoms with Gasteiger partial charge >= 0.3 is 0 Å². The van der Waals surface area contributed by atoms with Gasteiger partial charge in [0.05, 0.1) is 24.1 Å². The Kier molecular flexibility index (Phi) is 5.27. The third-order valence-electron chi connectivity index (χ3n) is 5.75. The fourth-order valence-electron chi connectivity index (χ4n) is 4.18. The van der Waals surface area contributed by atoms with E-state index >= 15 is 0 Å². The lowest BCUT2D eigenvalue weighted by atomic mass is 9.97. The minimum absolute atomic E-state index is 0.0288. The molecule has 1 unspecified atom stereocenters. The zero-order chi connectivity index (χ0) is 23.3. The highest BCUT2D eigenvalue weighted by Crippen LogP contribution is 2.42. The van der Waals surface area contributed by atoms with Crippen molar-refractivity contribution in [3.8, 4) is 11.5 Å². The summed E-state index contributed by atoms with van der Waals surface area (Å²) in [5, 5.41) is 11.2. The van der Waals surface area contributed by atoms with Crippen molar-refractivity contribution in [1.29, 1.82) is 0 Å². The molecule has 0 spiro atoms. The molecule has 1 aliphatic heterocycles. The fourth-order valence-corrected chi connectivity index (χ4v) is 4.54. The van der Waals surface area contributed by atoms with E-state index in [1.54, 1.807) is 36.4 Å². The second-order valence-electron chi connectivity index (χ2n) is 7.67. The lowest BCUT2D eigenvalue weighted by molar-refractivity contribution is 0.0714. The van der Waals surface area contributed by atoms with Crippen molar-refractivity contribution in [2.45, 2.75) is 12.6 Å². The van der Waals surface area contributed by atoms with Crippen LogP contribution in [0.1, 0.15) is 33.3 Å². The van der Waals surface area contributed by atoms with Crippen LogP contribution in [0.5, 0.6) is 11.5 Å². The maximum absolute atomic E-state index is 13.6. The van der Waals surface area contributed by atoms with Crippen LogP contribution in [0.3, 0.4) is 0 Å². The van der Waals surface area contributed by atoms with E-state index in [0.29, 0.717) is 15.6 Å². The van der Waals surface area contributed by atoms with Gasteiger partial charge in [0, 0.05) is 16.6 Å². The van der Waals surface area contributed by atoms with Crippen LogP contribution in [0.25, 0.3) is 11.0 Å². The first-order valence-electron chi connectivity index (χ1n) is 10.1. The van der Waals surface area contributed by atoms with Crippen LogP contribution in [0, 0.1) is 0 Å². The molecule has 0 saturated carbocycles. The number of benzene rings is 3. The van der Waals surface area contributed by atoms with E-state index < -0.39 is 11.9 Å². The number of hydrogen-bond donors (Lipinski definition) is 1. The number of ether oxygens (including phenoxy) is 1. The second-order valence-corrected chi connectivity index (χ2v) is 8.52. The van der Waals surface area contributed by atoms with Crippen LogP contribution in [0.15, 0.2) is 69.9 Å². The van der Waals surface area contributed by atoms with Gasteiger partial charge < -0.3 is 19.2 Å². The number of hydrogen-bond acceptors (Lipinski definition) is 5. The van der Waals surface area contributed by atoms with Gasteiger partial charge in [-0.25, -0.2) is 0 Å². The molecule has 0 bridgehead atoms. The molecular formula is C25H17Cl2NO5. The normalized spacial score (nSPS) is 15.2. The molecule has 3 aromatic carbocycles. The number of rotatable bonds is 4. The molecule has 1 aromatic heterocycles. The summed E-state index contributed by atoms with van der Waals surface area (Å²) < 4.78 is 11.2. The molecule has 0 radical (unpaired) electrons. The highest BCUT2D eigenvalue weighted by molar-refractivity contribution is 6.31. The lowest BCUT2D eigenvalue weighted by Crippen LogP contribution is -2.29. The zero-order valence-corrected chi connectivity index (χ0v) is 18.9. The molecule has 0 saturated heterocycles. The predicted octanol–water partition coefficient (Wildman–Crippen LogP) is 5.56. The number of amides is 1. The van der Waals surface area contributed by atoms with E-state index in [1.807, 2.05) is 12.1 Å². The Hall–Kier alpha value is -3.48. The Morgan fingerprint density at radius 2 is 1.85 bits per heavy atom. The van der Waals surface area contributed by atoms with Crippen molar-refractivity contribution in [3.63, 3.8) is 0 Å². The van der Waals surface area contributed by atoms with Crippen molar-refractivity contribution < 1.29 is 19.1 Å². The summed E-state index contributed by atoms with van der Waals surface area (Å²) in [6, 6.07) is 15.8. The van der Waals surface area contributed by atoms with Gasteiger partial charge in [-0.1, -0.05) is 47.5 Å². The van der Waals surface area contributed by atoms with Gasteiger partial charge in [0.1, 0.15) is 5.58 Å².